The van der Waals surface area contributed by atoms with Crippen LogP contribution in [0.5, 0.6) is 11.5 Å². The summed E-state index contributed by atoms with van der Waals surface area (Å²) in [4.78, 5) is 24.8. The molecule has 0 saturated heterocycles. The number of Topliss-reactive ketones (excluding diaryl/α,β-unsaturated/α-hetero) is 2. The molecule has 0 amide bonds. The SMILES string of the molecule is COc1cc(C=C2C(=O)c3ccccc3C2=O)cc(Cl)c1OC. The summed E-state index contributed by atoms with van der Waals surface area (Å²) in [5.41, 5.74) is 1.57. The highest BCUT2D eigenvalue weighted by molar-refractivity contribution is 6.41. The van der Waals surface area contributed by atoms with Crippen molar-refractivity contribution >= 4 is 29.2 Å². The van der Waals surface area contributed by atoms with Gasteiger partial charge in [0.25, 0.3) is 0 Å². The molecule has 116 valence electrons. The van der Waals surface area contributed by atoms with Gasteiger partial charge in [0.1, 0.15) is 0 Å². The van der Waals surface area contributed by atoms with Crippen molar-refractivity contribution < 1.29 is 19.1 Å². The molecule has 4 nitrogen and oxygen atoms in total. The third-order valence-corrected chi connectivity index (χ3v) is 3.95. The van der Waals surface area contributed by atoms with Crippen molar-refractivity contribution in [2.24, 2.45) is 0 Å². The topological polar surface area (TPSA) is 52.6 Å². The molecule has 1 aliphatic rings. The molecule has 0 bridgehead atoms. The highest BCUT2D eigenvalue weighted by atomic mass is 35.5. The number of ketones is 2. The van der Waals surface area contributed by atoms with E-state index in [9.17, 15) is 9.59 Å². The Hall–Kier alpha value is -2.59. The summed E-state index contributed by atoms with van der Waals surface area (Å²) in [5.74, 6) is 0.277. The molecule has 0 N–H and O–H groups in total. The fraction of sp³-hybridized carbons (Fsp3) is 0.111. The standard InChI is InChI=1S/C18H13ClO4/c1-22-15-9-10(8-14(19)18(15)23-2)7-13-16(20)11-5-3-4-6-12(11)17(13)21/h3-9H,1-2H3. The number of fused-ring (bicyclic) bond motifs is 1. The first-order valence-corrected chi connectivity index (χ1v) is 7.26. The molecular weight excluding hydrogens is 316 g/mol. The number of methoxy groups -OCH3 is 2. The van der Waals surface area contributed by atoms with Crippen molar-refractivity contribution in [3.63, 3.8) is 0 Å². The van der Waals surface area contributed by atoms with Crippen LogP contribution in [-0.4, -0.2) is 25.8 Å². The van der Waals surface area contributed by atoms with Crippen molar-refractivity contribution in [1.82, 2.24) is 0 Å². The summed E-state index contributed by atoms with van der Waals surface area (Å²) in [6.07, 6.45) is 1.53. The molecule has 0 aliphatic heterocycles. The van der Waals surface area contributed by atoms with E-state index in [1.165, 1.54) is 20.3 Å². The van der Waals surface area contributed by atoms with Gasteiger partial charge in [-0.1, -0.05) is 35.9 Å². The fourth-order valence-electron chi connectivity index (χ4n) is 2.59. The lowest BCUT2D eigenvalue weighted by atomic mass is 10.1. The number of benzene rings is 2. The normalized spacial score (nSPS) is 13.1. The van der Waals surface area contributed by atoms with Crippen LogP contribution in [0.2, 0.25) is 5.02 Å². The van der Waals surface area contributed by atoms with Gasteiger partial charge in [-0.15, -0.1) is 0 Å². The number of carbonyl (C=O) groups is 2. The van der Waals surface area contributed by atoms with Crippen molar-refractivity contribution in [2.75, 3.05) is 14.2 Å². The quantitative estimate of drug-likeness (QED) is 0.635. The van der Waals surface area contributed by atoms with Crippen LogP contribution in [0, 0.1) is 0 Å². The van der Waals surface area contributed by atoms with E-state index in [-0.39, 0.29) is 17.1 Å². The van der Waals surface area contributed by atoms with Crippen LogP contribution in [0.1, 0.15) is 26.3 Å². The van der Waals surface area contributed by atoms with Crippen LogP contribution >= 0.6 is 11.6 Å². The molecule has 0 atom stereocenters. The van der Waals surface area contributed by atoms with Gasteiger partial charge in [-0.05, 0) is 23.8 Å². The maximum absolute atomic E-state index is 12.4. The second kappa shape index (κ2) is 5.89. The zero-order valence-electron chi connectivity index (χ0n) is 12.6. The molecule has 0 radical (unpaired) electrons. The minimum Gasteiger partial charge on any atom is -0.493 e. The van der Waals surface area contributed by atoms with Gasteiger partial charge in [-0.3, -0.25) is 9.59 Å². The minimum atomic E-state index is -0.281. The van der Waals surface area contributed by atoms with Crippen LogP contribution in [0.4, 0.5) is 0 Å². The first kappa shape index (κ1) is 15.3. The zero-order chi connectivity index (χ0) is 16.6. The molecule has 0 saturated carbocycles. The lowest BCUT2D eigenvalue weighted by Crippen LogP contribution is -2.00. The number of allylic oxidation sites excluding steroid dienone is 1. The molecule has 3 rings (SSSR count). The molecule has 2 aromatic rings. The van der Waals surface area contributed by atoms with E-state index in [1.807, 2.05) is 0 Å². The van der Waals surface area contributed by atoms with Gasteiger partial charge < -0.3 is 9.47 Å². The molecule has 2 aromatic carbocycles. The molecule has 5 heteroatoms. The highest BCUT2D eigenvalue weighted by Gasteiger charge is 2.32. The molecule has 0 unspecified atom stereocenters. The predicted octanol–water partition coefficient (Wildman–Crippen LogP) is 3.82. The first-order valence-electron chi connectivity index (χ1n) is 6.88. The first-order chi connectivity index (χ1) is 11.1. The maximum atomic E-state index is 12.4. The zero-order valence-corrected chi connectivity index (χ0v) is 13.3. The van der Waals surface area contributed by atoms with Crippen LogP contribution in [0.15, 0.2) is 42.0 Å². The van der Waals surface area contributed by atoms with E-state index in [2.05, 4.69) is 0 Å². The average molecular weight is 329 g/mol. The number of rotatable bonds is 3. The van der Waals surface area contributed by atoms with Gasteiger partial charge in [0.2, 0.25) is 0 Å². The largest absolute Gasteiger partial charge is 0.493 e. The molecular formula is C18H13ClO4. The Balaban J connectivity index is 2.09. The number of carbonyl (C=O) groups excluding carboxylic acids is 2. The minimum absolute atomic E-state index is 0.120. The highest BCUT2D eigenvalue weighted by Crippen LogP contribution is 2.37. The monoisotopic (exact) mass is 328 g/mol. The smallest absolute Gasteiger partial charge is 0.197 e. The summed E-state index contributed by atoms with van der Waals surface area (Å²) in [6.45, 7) is 0. The predicted molar refractivity (Wildman–Crippen MR) is 87.6 cm³/mol. The van der Waals surface area contributed by atoms with Crippen LogP contribution < -0.4 is 9.47 Å². The Morgan fingerprint density at radius 2 is 1.57 bits per heavy atom. The molecule has 0 aromatic heterocycles. The Bertz CT molecular complexity index is 815. The van der Waals surface area contributed by atoms with Crippen LogP contribution in [0.3, 0.4) is 0 Å². The summed E-state index contributed by atoms with van der Waals surface area (Å²) >= 11 is 6.16. The number of hydrogen-bond donors (Lipinski definition) is 0. The van der Waals surface area contributed by atoms with Gasteiger partial charge in [0.15, 0.2) is 23.1 Å². The Morgan fingerprint density at radius 1 is 0.957 bits per heavy atom. The summed E-state index contributed by atoms with van der Waals surface area (Å²) in [5, 5.41) is 0.342. The van der Waals surface area contributed by atoms with E-state index < -0.39 is 0 Å². The van der Waals surface area contributed by atoms with Gasteiger partial charge in [-0.25, -0.2) is 0 Å². The molecule has 23 heavy (non-hydrogen) atoms. The third-order valence-electron chi connectivity index (χ3n) is 3.67. The lowest BCUT2D eigenvalue weighted by molar-refractivity contribution is 0.0990. The number of ether oxygens (including phenoxy) is 2. The Morgan fingerprint density at radius 3 is 2.09 bits per heavy atom. The van der Waals surface area contributed by atoms with Gasteiger partial charge >= 0.3 is 0 Å². The Labute approximate surface area is 138 Å². The fourth-order valence-corrected chi connectivity index (χ4v) is 2.89. The molecule has 0 heterocycles. The number of hydrogen-bond acceptors (Lipinski definition) is 4. The van der Waals surface area contributed by atoms with Crippen molar-refractivity contribution in [3.8, 4) is 11.5 Å². The third kappa shape index (κ3) is 2.51. The molecule has 0 spiro atoms. The van der Waals surface area contributed by atoms with Gasteiger partial charge in [0, 0.05) is 11.1 Å². The van der Waals surface area contributed by atoms with Gasteiger partial charge in [0.05, 0.1) is 24.8 Å². The molecule has 1 aliphatic carbocycles. The van der Waals surface area contributed by atoms with Gasteiger partial charge in [-0.2, -0.15) is 0 Å². The van der Waals surface area contributed by atoms with Crippen molar-refractivity contribution in [1.29, 1.82) is 0 Å². The van der Waals surface area contributed by atoms with E-state index >= 15 is 0 Å². The second-order valence-corrected chi connectivity index (χ2v) is 5.41. The van der Waals surface area contributed by atoms with E-state index in [1.54, 1.807) is 36.4 Å². The number of halogens is 1. The van der Waals surface area contributed by atoms with Crippen LogP contribution in [0.25, 0.3) is 6.08 Å². The Kier molecular flexibility index (Phi) is 3.92. The molecule has 0 fully saturated rings. The van der Waals surface area contributed by atoms with E-state index in [0.29, 0.717) is 33.2 Å². The lowest BCUT2D eigenvalue weighted by Gasteiger charge is -2.10. The van der Waals surface area contributed by atoms with Crippen LogP contribution in [-0.2, 0) is 0 Å². The van der Waals surface area contributed by atoms with Crippen molar-refractivity contribution in [3.05, 3.63) is 63.7 Å². The van der Waals surface area contributed by atoms with Crippen molar-refractivity contribution in [2.45, 2.75) is 0 Å². The second-order valence-electron chi connectivity index (χ2n) is 5.00. The average Bonchev–Trinajstić information content (AvgIpc) is 2.80. The van der Waals surface area contributed by atoms with E-state index in [0.717, 1.165) is 0 Å². The maximum Gasteiger partial charge on any atom is 0.197 e. The summed E-state index contributed by atoms with van der Waals surface area (Å²) in [7, 11) is 2.98. The summed E-state index contributed by atoms with van der Waals surface area (Å²) < 4.78 is 10.4. The van der Waals surface area contributed by atoms with E-state index in [4.69, 9.17) is 21.1 Å². The summed E-state index contributed by atoms with van der Waals surface area (Å²) in [6, 6.07) is 10.1.